The summed E-state index contributed by atoms with van der Waals surface area (Å²) in [6.45, 7) is 7.60. The Morgan fingerprint density at radius 3 is 2.72 bits per heavy atom. The molecule has 0 aromatic heterocycles. The molecule has 1 unspecified atom stereocenters. The lowest BCUT2D eigenvalue weighted by atomic mass is 9.80. The zero-order chi connectivity index (χ0) is 12.8. The Kier molecular flexibility index (Phi) is 5.46. The summed E-state index contributed by atoms with van der Waals surface area (Å²) in [4.78, 5) is 2.59. The van der Waals surface area contributed by atoms with E-state index in [0.717, 1.165) is 32.3 Å². The largest absolute Gasteiger partial charge is 0.381 e. The molecule has 0 spiro atoms. The van der Waals surface area contributed by atoms with Crippen LogP contribution < -0.4 is 5.32 Å². The number of hydrogen-bond acceptors (Lipinski definition) is 3. The summed E-state index contributed by atoms with van der Waals surface area (Å²) < 4.78 is 5.78. The highest BCUT2D eigenvalue weighted by Gasteiger charge is 2.36. The van der Waals surface area contributed by atoms with Crippen molar-refractivity contribution >= 4 is 0 Å². The number of nitrogens with zero attached hydrogens (tertiary/aromatic N) is 1. The maximum atomic E-state index is 5.78. The monoisotopic (exact) mass is 254 g/mol. The van der Waals surface area contributed by atoms with Crippen molar-refractivity contribution in [1.82, 2.24) is 10.2 Å². The molecule has 0 amide bonds. The maximum absolute atomic E-state index is 5.78. The van der Waals surface area contributed by atoms with Gasteiger partial charge in [-0.05, 0) is 45.7 Å². The molecular formula is C15H30N2O. The highest BCUT2D eigenvalue weighted by atomic mass is 16.5. The first-order chi connectivity index (χ1) is 8.76. The average Bonchev–Trinajstić information content (AvgIpc) is 2.28. The second-order valence-electron chi connectivity index (χ2n) is 6.33. The average molecular weight is 254 g/mol. The van der Waals surface area contributed by atoms with Crippen LogP contribution in [0.2, 0.25) is 0 Å². The molecule has 2 fully saturated rings. The number of nitrogens with one attached hydrogen (secondary N) is 1. The van der Waals surface area contributed by atoms with Crippen LogP contribution in [0.4, 0.5) is 0 Å². The number of rotatable bonds is 7. The van der Waals surface area contributed by atoms with Gasteiger partial charge in [0.05, 0.1) is 6.61 Å². The molecule has 3 heteroatoms. The van der Waals surface area contributed by atoms with Gasteiger partial charge in [-0.2, -0.15) is 0 Å². The van der Waals surface area contributed by atoms with Crippen molar-refractivity contribution in [2.75, 3.05) is 39.9 Å². The molecule has 1 N–H and O–H groups in total. The molecule has 1 heterocycles. The quantitative estimate of drug-likeness (QED) is 0.705. The van der Waals surface area contributed by atoms with Gasteiger partial charge in [-0.15, -0.1) is 0 Å². The van der Waals surface area contributed by atoms with Crippen molar-refractivity contribution in [3.63, 3.8) is 0 Å². The summed E-state index contributed by atoms with van der Waals surface area (Å²) >= 11 is 0. The zero-order valence-electron chi connectivity index (χ0n) is 12.2. The molecule has 1 saturated carbocycles. The summed E-state index contributed by atoms with van der Waals surface area (Å²) in [6, 6.07) is 0.843. The van der Waals surface area contributed by atoms with E-state index in [0.29, 0.717) is 5.41 Å². The van der Waals surface area contributed by atoms with E-state index in [-0.39, 0.29) is 0 Å². The SMILES string of the molecule is CCCNCC1(CN(C)C2CCC2)CCCOC1. The van der Waals surface area contributed by atoms with Crippen molar-refractivity contribution in [2.24, 2.45) is 5.41 Å². The van der Waals surface area contributed by atoms with Crippen LogP contribution in [0.1, 0.15) is 45.4 Å². The van der Waals surface area contributed by atoms with Crippen molar-refractivity contribution < 1.29 is 4.74 Å². The fourth-order valence-corrected chi connectivity index (χ4v) is 3.25. The Morgan fingerprint density at radius 1 is 1.33 bits per heavy atom. The van der Waals surface area contributed by atoms with Gasteiger partial charge in [-0.25, -0.2) is 0 Å². The third-order valence-electron chi connectivity index (χ3n) is 4.61. The number of hydrogen-bond donors (Lipinski definition) is 1. The van der Waals surface area contributed by atoms with E-state index in [1.807, 2.05) is 0 Å². The van der Waals surface area contributed by atoms with Crippen LogP contribution in [0.3, 0.4) is 0 Å². The Bertz CT molecular complexity index is 235. The molecule has 1 saturated heterocycles. The van der Waals surface area contributed by atoms with Crippen LogP contribution >= 0.6 is 0 Å². The van der Waals surface area contributed by atoms with Crippen molar-refractivity contribution in [2.45, 2.75) is 51.5 Å². The smallest absolute Gasteiger partial charge is 0.0546 e. The van der Waals surface area contributed by atoms with Crippen LogP contribution in [-0.2, 0) is 4.74 Å². The van der Waals surface area contributed by atoms with Crippen LogP contribution in [0.25, 0.3) is 0 Å². The van der Waals surface area contributed by atoms with E-state index in [1.54, 1.807) is 0 Å². The normalized spacial score (nSPS) is 29.5. The topological polar surface area (TPSA) is 24.5 Å². The Hall–Kier alpha value is -0.120. The van der Waals surface area contributed by atoms with E-state index in [9.17, 15) is 0 Å². The molecule has 18 heavy (non-hydrogen) atoms. The van der Waals surface area contributed by atoms with E-state index in [1.165, 1.54) is 45.1 Å². The lowest BCUT2D eigenvalue weighted by Crippen LogP contribution is -2.51. The van der Waals surface area contributed by atoms with Crippen LogP contribution in [0.15, 0.2) is 0 Å². The first kappa shape index (κ1) is 14.3. The Morgan fingerprint density at radius 2 is 2.17 bits per heavy atom. The van der Waals surface area contributed by atoms with E-state index in [2.05, 4.69) is 24.2 Å². The molecule has 106 valence electrons. The minimum atomic E-state index is 0.359. The molecule has 2 rings (SSSR count). The molecule has 0 aromatic rings. The van der Waals surface area contributed by atoms with Crippen molar-refractivity contribution in [1.29, 1.82) is 0 Å². The third-order valence-corrected chi connectivity index (χ3v) is 4.61. The van der Waals surface area contributed by atoms with E-state index >= 15 is 0 Å². The van der Waals surface area contributed by atoms with Crippen LogP contribution in [-0.4, -0.2) is 50.8 Å². The number of ether oxygens (including phenoxy) is 1. The second-order valence-corrected chi connectivity index (χ2v) is 6.33. The lowest BCUT2D eigenvalue weighted by molar-refractivity contribution is -0.0335. The summed E-state index contributed by atoms with van der Waals surface area (Å²) in [7, 11) is 2.31. The zero-order valence-corrected chi connectivity index (χ0v) is 12.2. The highest BCUT2D eigenvalue weighted by Crippen LogP contribution is 2.32. The molecule has 1 aliphatic heterocycles. The fraction of sp³-hybridized carbons (Fsp3) is 1.00. The Balaban J connectivity index is 1.85. The third kappa shape index (κ3) is 3.69. The summed E-state index contributed by atoms with van der Waals surface area (Å²) in [5.41, 5.74) is 0.359. The summed E-state index contributed by atoms with van der Waals surface area (Å²) in [5.74, 6) is 0. The maximum Gasteiger partial charge on any atom is 0.0546 e. The molecule has 0 aromatic carbocycles. The van der Waals surface area contributed by atoms with Gasteiger partial charge >= 0.3 is 0 Å². The predicted octanol–water partition coefficient (Wildman–Crippen LogP) is 2.27. The van der Waals surface area contributed by atoms with Crippen molar-refractivity contribution in [3.05, 3.63) is 0 Å². The first-order valence-electron chi connectivity index (χ1n) is 7.74. The molecule has 1 aliphatic carbocycles. The second kappa shape index (κ2) is 6.88. The molecule has 0 bridgehead atoms. The fourth-order valence-electron chi connectivity index (χ4n) is 3.25. The summed E-state index contributed by atoms with van der Waals surface area (Å²) in [5, 5.41) is 3.62. The van der Waals surface area contributed by atoms with Crippen LogP contribution in [0.5, 0.6) is 0 Å². The predicted molar refractivity (Wildman–Crippen MR) is 75.9 cm³/mol. The van der Waals surface area contributed by atoms with Gasteiger partial charge in [0.1, 0.15) is 0 Å². The van der Waals surface area contributed by atoms with Gasteiger partial charge in [0.2, 0.25) is 0 Å². The van der Waals surface area contributed by atoms with Crippen LogP contribution in [0, 0.1) is 5.41 Å². The Labute approximate surface area is 112 Å². The van der Waals surface area contributed by atoms with Gasteiger partial charge in [0.25, 0.3) is 0 Å². The molecule has 3 nitrogen and oxygen atoms in total. The first-order valence-corrected chi connectivity index (χ1v) is 7.74. The molecule has 2 aliphatic rings. The lowest BCUT2D eigenvalue weighted by Gasteiger charge is -2.44. The van der Waals surface area contributed by atoms with Gasteiger partial charge in [-0.3, -0.25) is 0 Å². The van der Waals surface area contributed by atoms with Crippen molar-refractivity contribution in [3.8, 4) is 0 Å². The minimum Gasteiger partial charge on any atom is -0.381 e. The van der Waals surface area contributed by atoms with E-state index < -0.39 is 0 Å². The summed E-state index contributed by atoms with van der Waals surface area (Å²) in [6.07, 6.45) is 7.99. The molecular weight excluding hydrogens is 224 g/mol. The molecule has 1 atom stereocenters. The highest BCUT2D eigenvalue weighted by molar-refractivity contribution is 4.89. The van der Waals surface area contributed by atoms with Gasteiger partial charge in [0.15, 0.2) is 0 Å². The molecule has 0 radical (unpaired) electrons. The standard InChI is InChI=1S/C15H30N2O/c1-3-9-16-11-15(8-5-10-18-13-15)12-17(2)14-6-4-7-14/h14,16H,3-13H2,1-2H3. The van der Waals surface area contributed by atoms with E-state index in [4.69, 9.17) is 4.74 Å². The van der Waals surface area contributed by atoms with Gasteiger partial charge < -0.3 is 15.0 Å². The van der Waals surface area contributed by atoms with Gasteiger partial charge in [-0.1, -0.05) is 13.3 Å². The van der Waals surface area contributed by atoms with Gasteiger partial charge in [0, 0.05) is 31.2 Å². The minimum absolute atomic E-state index is 0.359.